The van der Waals surface area contributed by atoms with Gasteiger partial charge in [0.25, 0.3) is 0 Å². The molecule has 1 aromatic rings. The fourth-order valence-electron chi connectivity index (χ4n) is 2.14. The van der Waals surface area contributed by atoms with E-state index in [0.717, 1.165) is 18.8 Å². The third-order valence-corrected chi connectivity index (χ3v) is 3.96. The quantitative estimate of drug-likeness (QED) is 0.805. The number of anilines is 1. The SMILES string of the molecule is CN1CCC(N(C)c2ccc(Cl)c(Cl)c2)C1. The molecular weight excluding hydrogens is 243 g/mol. The van der Waals surface area contributed by atoms with Gasteiger partial charge in [-0.2, -0.15) is 0 Å². The molecule has 1 unspecified atom stereocenters. The highest BCUT2D eigenvalue weighted by Gasteiger charge is 2.23. The van der Waals surface area contributed by atoms with E-state index in [-0.39, 0.29) is 0 Å². The first kappa shape index (κ1) is 12.0. The Balaban J connectivity index is 2.14. The molecule has 0 bridgehead atoms. The minimum Gasteiger partial charge on any atom is -0.370 e. The van der Waals surface area contributed by atoms with Gasteiger partial charge in [0.1, 0.15) is 0 Å². The Morgan fingerprint density at radius 1 is 1.31 bits per heavy atom. The third-order valence-electron chi connectivity index (χ3n) is 3.22. The van der Waals surface area contributed by atoms with Gasteiger partial charge in [-0.05, 0) is 38.2 Å². The van der Waals surface area contributed by atoms with Crippen LogP contribution < -0.4 is 4.90 Å². The van der Waals surface area contributed by atoms with Gasteiger partial charge in [-0.25, -0.2) is 0 Å². The number of hydrogen-bond acceptors (Lipinski definition) is 2. The van der Waals surface area contributed by atoms with E-state index in [1.54, 1.807) is 0 Å². The molecular formula is C12H16Cl2N2. The highest BCUT2D eigenvalue weighted by atomic mass is 35.5. The second-order valence-corrected chi connectivity index (χ2v) is 5.23. The van der Waals surface area contributed by atoms with Crippen LogP contribution in [-0.2, 0) is 0 Å². The summed E-state index contributed by atoms with van der Waals surface area (Å²) in [5.41, 5.74) is 1.13. The van der Waals surface area contributed by atoms with E-state index in [2.05, 4.69) is 23.9 Å². The second kappa shape index (κ2) is 4.82. The molecule has 0 aliphatic carbocycles. The smallest absolute Gasteiger partial charge is 0.0612 e. The fourth-order valence-corrected chi connectivity index (χ4v) is 2.44. The first-order valence-corrected chi connectivity index (χ1v) is 6.20. The van der Waals surface area contributed by atoms with Crippen molar-refractivity contribution in [3.63, 3.8) is 0 Å². The highest BCUT2D eigenvalue weighted by molar-refractivity contribution is 6.42. The molecule has 0 amide bonds. The van der Waals surface area contributed by atoms with E-state index < -0.39 is 0 Å². The number of rotatable bonds is 2. The van der Waals surface area contributed by atoms with Crippen LogP contribution in [0.2, 0.25) is 10.0 Å². The van der Waals surface area contributed by atoms with Crippen LogP contribution in [0.5, 0.6) is 0 Å². The predicted molar refractivity (Wildman–Crippen MR) is 70.8 cm³/mol. The van der Waals surface area contributed by atoms with E-state index in [0.29, 0.717) is 16.1 Å². The van der Waals surface area contributed by atoms with E-state index in [1.165, 1.54) is 6.42 Å². The second-order valence-electron chi connectivity index (χ2n) is 4.41. The molecule has 1 aromatic carbocycles. The molecule has 0 aromatic heterocycles. The minimum absolute atomic E-state index is 0.572. The zero-order valence-corrected chi connectivity index (χ0v) is 11.1. The van der Waals surface area contributed by atoms with Crippen molar-refractivity contribution < 1.29 is 0 Å². The van der Waals surface area contributed by atoms with Gasteiger partial charge in [0.15, 0.2) is 0 Å². The molecule has 0 N–H and O–H groups in total. The number of halogens is 2. The Bertz CT molecular complexity index is 381. The Morgan fingerprint density at radius 3 is 2.62 bits per heavy atom. The average molecular weight is 259 g/mol. The third kappa shape index (κ3) is 2.45. The minimum atomic E-state index is 0.572. The van der Waals surface area contributed by atoms with Crippen LogP contribution in [0, 0.1) is 0 Å². The monoisotopic (exact) mass is 258 g/mol. The molecule has 0 spiro atoms. The van der Waals surface area contributed by atoms with Crippen LogP contribution in [0.15, 0.2) is 18.2 Å². The van der Waals surface area contributed by atoms with Crippen molar-refractivity contribution in [3.05, 3.63) is 28.2 Å². The van der Waals surface area contributed by atoms with E-state index >= 15 is 0 Å². The molecule has 2 nitrogen and oxygen atoms in total. The molecule has 16 heavy (non-hydrogen) atoms. The summed E-state index contributed by atoms with van der Waals surface area (Å²) >= 11 is 11.9. The summed E-state index contributed by atoms with van der Waals surface area (Å²) in [7, 11) is 4.27. The first-order valence-electron chi connectivity index (χ1n) is 5.44. The lowest BCUT2D eigenvalue weighted by Crippen LogP contribution is -2.33. The molecule has 2 rings (SSSR count). The summed E-state index contributed by atoms with van der Waals surface area (Å²) in [5.74, 6) is 0. The zero-order chi connectivity index (χ0) is 11.7. The van der Waals surface area contributed by atoms with Gasteiger partial charge in [-0.1, -0.05) is 23.2 Å². The van der Waals surface area contributed by atoms with E-state index in [1.807, 2.05) is 18.2 Å². The van der Waals surface area contributed by atoms with Gasteiger partial charge in [0.05, 0.1) is 10.0 Å². The van der Waals surface area contributed by atoms with Crippen molar-refractivity contribution in [1.82, 2.24) is 4.90 Å². The normalized spacial score (nSPS) is 21.4. The molecule has 4 heteroatoms. The first-order chi connectivity index (χ1) is 7.58. The predicted octanol–water partition coefficient (Wildman–Crippen LogP) is 3.13. The van der Waals surface area contributed by atoms with Crippen molar-refractivity contribution in [2.24, 2.45) is 0 Å². The van der Waals surface area contributed by atoms with Crippen molar-refractivity contribution in [3.8, 4) is 0 Å². The van der Waals surface area contributed by atoms with Crippen molar-refractivity contribution in [1.29, 1.82) is 0 Å². The van der Waals surface area contributed by atoms with Crippen LogP contribution in [0.4, 0.5) is 5.69 Å². The lowest BCUT2D eigenvalue weighted by molar-refractivity contribution is 0.409. The number of nitrogens with zero attached hydrogens (tertiary/aromatic N) is 2. The largest absolute Gasteiger partial charge is 0.370 e. The van der Waals surface area contributed by atoms with Gasteiger partial charge >= 0.3 is 0 Å². The number of hydrogen-bond donors (Lipinski definition) is 0. The molecule has 0 saturated carbocycles. The summed E-state index contributed by atoms with van der Waals surface area (Å²) in [5, 5.41) is 1.24. The topological polar surface area (TPSA) is 6.48 Å². The molecule has 1 aliphatic rings. The summed E-state index contributed by atoms with van der Waals surface area (Å²) < 4.78 is 0. The molecule has 1 saturated heterocycles. The molecule has 1 atom stereocenters. The van der Waals surface area contributed by atoms with E-state index in [9.17, 15) is 0 Å². The summed E-state index contributed by atoms with van der Waals surface area (Å²) in [6.07, 6.45) is 1.20. The number of likely N-dealkylation sites (tertiary alicyclic amines) is 1. The Labute approximate surface area is 107 Å². The molecule has 1 aliphatic heterocycles. The summed E-state index contributed by atoms with van der Waals surface area (Å²) in [6, 6.07) is 6.38. The highest BCUT2D eigenvalue weighted by Crippen LogP contribution is 2.28. The molecule has 1 heterocycles. The summed E-state index contributed by atoms with van der Waals surface area (Å²) in [4.78, 5) is 4.63. The van der Waals surface area contributed by atoms with Gasteiger partial charge in [0.2, 0.25) is 0 Å². The fraction of sp³-hybridized carbons (Fsp3) is 0.500. The zero-order valence-electron chi connectivity index (χ0n) is 9.58. The van der Waals surface area contributed by atoms with Crippen LogP contribution in [-0.4, -0.2) is 38.1 Å². The maximum Gasteiger partial charge on any atom is 0.0612 e. The molecule has 0 radical (unpaired) electrons. The van der Waals surface area contributed by atoms with Crippen LogP contribution in [0.25, 0.3) is 0 Å². The van der Waals surface area contributed by atoms with Crippen LogP contribution >= 0.6 is 23.2 Å². The Morgan fingerprint density at radius 2 is 2.06 bits per heavy atom. The lowest BCUT2D eigenvalue weighted by atomic mass is 10.2. The van der Waals surface area contributed by atoms with Gasteiger partial charge in [-0.15, -0.1) is 0 Å². The van der Waals surface area contributed by atoms with Gasteiger partial charge < -0.3 is 9.80 Å². The van der Waals surface area contributed by atoms with Crippen molar-refractivity contribution in [2.75, 3.05) is 32.1 Å². The van der Waals surface area contributed by atoms with E-state index in [4.69, 9.17) is 23.2 Å². The van der Waals surface area contributed by atoms with Crippen molar-refractivity contribution >= 4 is 28.9 Å². The lowest BCUT2D eigenvalue weighted by Gasteiger charge is -2.26. The number of likely N-dealkylation sites (N-methyl/N-ethyl adjacent to an activating group) is 2. The van der Waals surface area contributed by atoms with Crippen LogP contribution in [0.1, 0.15) is 6.42 Å². The van der Waals surface area contributed by atoms with Crippen molar-refractivity contribution in [2.45, 2.75) is 12.5 Å². The molecule has 1 fully saturated rings. The van der Waals surface area contributed by atoms with Gasteiger partial charge in [-0.3, -0.25) is 0 Å². The maximum absolute atomic E-state index is 6.02. The Kier molecular flexibility index (Phi) is 3.63. The summed E-state index contributed by atoms with van der Waals surface area (Å²) in [6.45, 7) is 2.27. The maximum atomic E-state index is 6.02. The van der Waals surface area contributed by atoms with Gasteiger partial charge in [0, 0.05) is 25.3 Å². The number of benzene rings is 1. The Hall–Kier alpha value is -0.440. The standard InChI is InChI=1S/C12H16Cl2N2/c1-15-6-5-10(8-15)16(2)9-3-4-11(13)12(14)7-9/h3-4,7,10H,5-6,8H2,1-2H3. The molecule has 88 valence electrons. The van der Waals surface area contributed by atoms with Crippen LogP contribution in [0.3, 0.4) is 0 Å². The average Bonchev–Trinajstić information content (AvgIpc) is 2.68.